The van der Waals surface area contributed by atoms with Crippen LogP contribution in [-0.4, -0.2) is 36.3 Å². The van der Waals surface area contributed by atoms with Crippen LogP contribution in [0.25, 0.3) is 11.0 Å². The number of quaternary nitrogens is 1. The molecule has 6 nitrogen and oxygen atoms in total. The second-order valence-electron chi connectivity index (χ2n) is 7.66. The molecule has 0 bridgehead atoms. The molecule has 0 radical (unpaired) electrons. The fraction of sp³-hybridized carbons (Fsp3) is 0.364. The van der Waals surface area contributed by atoms with E-state index >= 15 is 0 Å². The molecule has 144 valence electrons. The van der Waals surface area contributed by atoms with Gasteiger partial charge in [0.15, 0.2) is 12.3 Å². The van der Waals surface area contributed by atoms with Crippen molar-refractivity contribution in [3.8, 4) is 0 Å². The molecule has 5 rings (SSSR count). The highest BCUT2D eigenvalue weighted by molar-refractivity contribution is 6.03. The Labute approximate surface area is 163 Å². The molecule has 0 aliphatic carbocycles. The fourth-order valence-electron chi connectivity index (χ4n) is 4.24. The number of para-hydroxylation sites is 1. The molecule has 1 N–H and O–H groups in total. The smallest absolute Gasteiger partial charge is 0.298 e. The minimum Gasteiger partial charge on any atom is -0.467 e. The number of carbonyl (C=O) groups is 1. The SMILES string of the molecule is O=C(C[NH+]1CCCCC1)N1N=C(c2cc3ccccc3o2)C[C@@H]1c1ccco1. The zero-order chi connectivity index (χ0) is 18.9. The summed E-state index contributed by atoms with van der Waals surface area (Å²) in [6.07, 6.45) is 5.89. The van der Waals surface area contributed by atoms with Crippen LogP contribution in [0.2, 0.25) is 0 Å². The summed E-state index contributed by atoms with van der Waals surface area (Å²) in [5.41, 5.74) is 1.62. The minimum atomic E-state index is -0.213. The predicted molar refractivity (Wildman–Crippen MR) is 105 cm³/mol. The number of likely N-dealkylation sites (tertiary alicyclic amines) is 1. The van der Waals surface area contributed by atoms with Gasteiger partial charge in [-0.15, -0.1) is 0 Å². The summed E-state index contributed by atoms with van der Waals surface area (Å²) in [6.45, 7) is 2.60. The molecular weight excluding hydrogens is 354 g/mol. The van der Waals surface area contributed by atoms with E-state index in [1.54, 1.807) is 11.3 Å². The zero-order valence-electron chi connectivity index (χ0n) is 15.8. The lowest BCUT2D eigenvalue weighted by Crippen LogP contribution is -3.13. The topological polar surface area (TPSA) is 63.4 Å². The summed E-state index contributed by atoms with van der Waals surface area (Å²) in [6, 6.07) is 13.5. The van der Waals surface area contributed by atoms with E-state index < -0.39 is 0 Å². The number of benzene rings is 1. The Kier molecular flexibility index (Phi) is 4.49. The number of fused-ring (bicyclic) bond motifs is 1. The third kappa shape index (κ3) is 3.24. The van der Waals surface area contributed by atoms with E-state index in [1.807, 2.05) is 42.5 Å². The molecule has 6 heteroatoms. The third-order valence-corrected chi connectivity index (χ3v) is 5.71. The molecule has 1 aromatic carbocycles. The van der Waals surface area contributed by atoms with Gasteiger partial charge in [-0.2, -0.15) is 5.10 Å². The monoisotopic (exact) mass is 378 g/mol. The van der Waals surface area contributed by atoms with Crippen molar-refractivity contribution in [1.82, 2.24) is 5.01 Å². The molecule has 1 fully saturated rings. The van der Waals surface area contributed by atoms with Crippen LogP contribution in [0.5, 0.6) is 0 Å². The Morgan fingerprint density at radius 2 is 2.00 bits per heavy atom. The number of rotatable bonds is 4. The maximum Gasteiger partial charge on any atom is 0.298 e. The largest absolute Gasteiger partial charge is 0.467 e. The van der Waals surface area contributed by atoms with Gasteiger partial charge >= 0.3 is 0 Å². The maximum atomic E-state index is 13.1. The van der Waals surface area contributed by atoms with E-state index in [2.05, 4.69) is 5.10 Å². The van der Waals surface area contributed by atoms with Crippen molar-refractivity contribution in [2.24, 2.45) is 5.10 Å². The van der Waals surface area contributed by atoms with Gasteiger partial charge < -0.3 is 13.7 Å². The number of nitrogens with one attached hydrogen (secondary N) is 1. The van der Waals surface area contributed by atoms with E-state index in [9.17, 15) is 4.79 Å². The molecule has 2 aromatic heterocycles. The molecule has 28 heavy (non-hydrogen) atoms. The summed E-state index contributed by atoms with van der Waals surface area (Å²) in [7, 11) is 0. The maximum absolute atomic E-state index is 13.1. The van der Waals surface area contributed by atoms with Crippen molar-refractivity contribution in [2.75, 3.05) is 19.6 Å². The zero-order valence-corrected chi connectivity index (χ0v) is 15.8. The number of nitrogens with zero attached hydrogens (tertiary/aromatic N) is 2. The average molecular weight is 378 g/mol. The first-order chi connectivity index (χ1) is 13.8. The van der Waals surface area contributed by atoms with Crippen LogP contribution in [0.3, 0.4) is 0 Å². The number of hydrogen-bond acceptors (Lipinski definition) is 4. The highest BCUT2D eigenvalue weighted by Gasteiger charge is 2.37. The Bertz CT molecular complexity index is 966. The van der Waals surface area contributed by atoms with Gasteiger partial charge in [-0.1, -0.05) is 18.2 Å². The molecule has 4 heterocycles. The number of hydrazone groups is 1. The number of amides is 1. The van der Waals surface area contributed by atoms with E-state index in [0.29, 0.717) is 13.0 Å². The van der Waals surface area contributed by atoms with Gasteiger partial charge in [0.2, 0.25) is 0 Å². The van der Waals surface area contributed by atoms with Crippen molar-refractivity contribution in [2.45, 2.75) is 31.7 Å². The molecule has 2 aliphatic heterocycles. The van der Waals surface area contributed by atoms with E-state index in [1.165, 1.54) is 24.2 Å². The quantitative estimate of drug-likeness (QED) is 0.759. The van der Waals surface area contributed by atoms with Crippen LogP contribution >= 0.6 is 0 Å². The van der Waals surface area contributed by atoms with Gasteiger partial charge in [-0.05, 0) is 43.5 Å². The molecule has 1 amide bonds. The molecule has 0 saturated carbocycles. The lowest BCUT2D eigenvalue weighted by atomic mass is 10.1. The first kappa shape index (κ1) is 17.3. The Morgan fingerprint density at radius 3 is 2.79 bits per heavy atom. The summed E-state index contributed by atoms with van der Waals surface area (Å²) in [4.78, 5) is 14.4. The molecule has 0 spiro atoms. The molecule has 0 unspecified atom stereocenters. The van der Waals surface area contributed by atoms with Gasteiger partial charge in [-0.25, -0.2) is 5.01 Å². The van der Waals surface area contributed by atoms with E-state index in [0.717, 1.165) is 41.3 Å². The first-order valence-electron chi connectivity index (χ1n) is 10.0. The highest BCUT2D eigenvalue weighted by Crippen LogP contribution is 2.34. The summed E-state index contributed by atoms with van der Waals surface area (Å²) in [5.74, 6) is 1.53. The Balaban J connectivity index is 1.43. The average Bonchev–Trinajstić information content (AvgIpc) is 3.46. The molecule has 3 aromatic rings. The normalized spacial score (nSPS) is 20.6. The number of carbonyl (C=O) groups excluding carboxylic acids is 1. The third-order valence-electron chi connectivity index (χ3n) is 5.71. The predicted octanol–water partition coefficient (Wildman–Crippen LogP) is 2.77. The molecule has 1 saturated heterocycles. The number of furan rings is 2. The lowest BCUT2D eigenvalue weighted by molar-refractivity contribution is -0.897. The minimum absolute atomic E-state index is 0.0458. The molecular formula is C22H24N3O3+. The van der Waals surface area contributed by atoms with Crippen molar-refractivity contribution in [3.05, 3.63) is 60.2 Å². The van der Waals surface area contributed by atoms with Crippen molar-refractivity contribution >= 4 is 22.6 Å². The van der Waals surface area contributed by atoms with Crippen LogP contribution in [0.15, 0.2) is 62.7 Å². The fourth-order valence-corrected chi connectivity index (χ4v) is 4.24. The summed E-state index contributed by atoms with van der Waals surface area (Å²) >= 11 is 0. The van der Waals surface area contributed by atoms with Gasteiger partial charge in [-0.3, -0.25) is 4.79 Å². The summed E-state index contributed by atoms with van der Waals surface area (Å²) in [5, 5.41) is 7.34. The molecule has 2 aliphatic rings. The van der Waals surface area contributed by atoms with Gasteiger partial charge in [0, 0.05) is 11.8 Å². The Morgan fingerprint density at radius 1 is 1.14 bits per heavy atom. The lowest BCUT2D eigenvalue weighted by Gasteiger charge is -2.26. The van der Waals surface area contributed by atoms with E-state index in [-0.39, 0.29) is 11.9 Å². The van der Waals surface area contributed by atoms with E-state index in [4.69, 9.17) is 8.83 Å². The van der Waals surface area contributed by atoms with Gasteiger partial charge in [0.05, 0.1) is 19.4 Å². The highest BCUT2D eigenvalue weighted by atomic mass is 16.3. The summed E-state index contributed by atoms with van der Waals surface area (Å²) < 4.78 is 11.6. The second kappa shape index (κ2) is 7.28. The van der Waals surface area contributed by atoms with Crippen molar-refractivity contribution < 1.29 is 18.5 Å². The number of hydrogen-bond donors (Lipinski definition) is 1. The van der Waals surface area contributed by atoms with Crippen LogP contribution in [0.4, 0.5) is 0 Å². The van der Waals surface area contributed by atoms with Crippen molar-refractivity contribution in [1.29, 1.82) is 0 Å². The Hall–Kier alpha value is -2.86. The van der Waals surface area contributed by atoms with Crippen molar-refractivity contribution in [3.63, 3.8) is 0 Å². The van der Waals surface area contributed by atoms with Crippen LogP contribution in [0, 0.1) is 0 Å². The first-order valence-corrected chi connectivity index (χ1v) is 10.0. The van der Waals surface area contributed by atoms with Crippen LogP contribution in [0.1, 0.15) is 43.2 Å². The van der Waals surface area contributed by atoms with Gasteiger partial charge in [0.25, 0.3) is 5.91 Å². The van der Waals surface area contributed by atoms with Gasteiger partial charge in [0.1, 0.15) is 23.1 Å². The second-order valence-corrected chi connectivity index (χ2v) is 7.66. The standard InChI is InChI=1S/C22H23N3O3/c26-22(15-24-10-4-1-5-11-24)25-18(20-9-6-12-27-20)14-17(23-25)21-13-16-7-2-3-8-19(16)28-21/h2-3,6-9,12-13,18H,1,4-5,10-11,14-15H2/p+1/t18-/m1/s1. The van der Waals surface area contributed by atoms with Crippen LogP contribution in [-0.2, 0) is 4.79 Å². The molecule has 1 atom stereocenters. The number of piperidine rings is 1. The van der Waals surface area contributed by atoms with Crippen LogP contribution < -0.4 is 4.90 Å².